The number of carbonyl (C=O) groups is 1. The van der Waals surface area contributed by atoms with E-state index in [1.54, 1.807) is 19.2 Å². The third kappa shape index (κ3) is 3.77. The number of ether oxygens (including phenoxy) is 1. The van der Waals surface area contributed by atoms with Crippen LogP contribution in [0.1, 0.15) is 13.8 Å². The number of amides is 1. The van der Waals surface area contributed by atoms with Gasteiger partial charge < -0.3 is 9.64 Å². The normalized spacial score (nSPS) is 11.7. The van der Waals surface area contributed by atoms with Gasteiger partial charge in [-0.25, -0.2) is 0 Å². The second-order valence-electron chi connectivity index (χ2n) is 4.42. The van der Waals surface area contributed by atoms with Crippen molar-refractivity contribution in [3.05, 3.63) is 30.3 Å². The van der Waals surface area contributed by atoms with Crippen molar-refractivity contribution in [1.29, 1.82) is 5.26 Å². The van der Waals surface area contributed by atoms with Crippen LogP contribution < -0.4 is 4.74 Å². The molecule has 0 aromatic heterocycles. The molecule has 0 saturated carbocycles. The largest absolute Gasteiger partial charge is 0.484 e. The molecule has 0 spiro atoms. The van der Waals surface area contributed by atoms with E-state index >= 15 is 0 Å². The topological polar surface area (TPSA) is 53.3 Å². The van der Waals surface area contributed by atoms with Crippen molar-refractivity contribution < 1.29 is 9.53 Å². The number of rotatable bonds is 5. The van der Waals surface area contributed by atoms with Crippen molar-refractivity contribution in [2.75, 3.05) is 13.7 Å². The van der Waals surface area contributed by atoms with Crippen LogP contribution >= 0.6 is 0 Å². The fourth-order valence-corrected chi connectivity index (χ4v) is 1.60. The Morgan fingerprint density at radius 2 is 2.00 bits per heavy atom. The summed E-state index contributed by atoms with van der Waals surface area (Å²) in [6.07, 6.45) is 0. The minimum atomic E-state index is -0.420. The van der Waals surface area contributed by atoms with Gasteiger partial charge in [0.2, 0.25) is 0 Å². The van der Waals surface area contributed by atoms with Gasteiger partial charge in [-0.05, 0) is 18.1 Å². The highest BCUT2D eigenvalue weighted by molar-refractivity contribution is 5.78. The lowest BCUT2D eigenvalue weighted by molar-refractivity contribution is -0.133. The Kier molecular flexibility index (Phi) is 5.19. The van der Waals surface area contributed by atoms with E-state index in [1.165, 1.54) is 4.90 Å². The highest BCUT2D eigenvalue weighted by Gasteiger charge is 2.22. The highest BCUT2D eigenvalue weighted by Crippen LogP contribution is 2.11. The summed E-state index contributed by atoms with van der Waals surface area (Å²) in [4.78, 5) is 13.3. The maximum Gasteiger partial charge on any atom is 0.261 e. The zero-order valence-corrected chi connectivity index (χ0v) is 11.0. The molecule has 0 radical (unpaired) electrons. The second-order valence-corrected chi connectivity index (χ2v) is 4.42. The number of likely N-dealkylation sites (N-methyl/N-ethyl adjacent to an activating group) is 1. The summed E-state index contributed by atoms with van der Waals surface area (Å²) in [7, 11) is 1.63. The summed E-state index contributed by atoms with van der Waals surface area (Å²) in [5.74, 6) is 0.553. The number of hydrogen-bond acceptors (Lipinski definition) is 3. The predicted molar refractivity (Wildman–Crippen MR) is 68.9 cm³/mol. The van der Waals surface area contributed by atoms with Crippen molar-refractivity contribution in [1.82, 2.24) is 4.90 Å². The van der Waals surface area contributed by atoms with Gasteiger partial charge in [-0.2, -0.15) is 5.26 Å². The quantitative estimate of drug-likeness (QED) is 0.799. The molecule has 4 heteroatoms. The van der Waals surface area contributed by atoms with E-state index in [9.17, 15) is 4.79 Å². The summed E-state index contributed by atoms with van der Waals surface area (Å²) in [6, 6.07) is 10.9. The van der Waals surface area contributed by atoms with E-state index in [1.807, 2.05) is 32.0 Å². The molecule has 0 heterocycles. The molecule has 1 rings (SSSR count). The van der Waals surface area contributed by atoms with Crippen LogP contribution in [0.2, 0.25) is 0 Å². The molecule has 0 aliphatic carbocycles. The van der Waals surface area contributed by atoms with Crippen LogP contribution in [0, 0.1) is 17.2 Å². The third-order valence-corrected chi connectivity index (χ3v) is 2.68. The van der Waals surface area contributed by atoms with Gasteiger partial charge in [0.15, 0.2) is 6.61 Å². The Labute approximate surface area is 108 Å². The zero-order chi connectivity index (χ0) is 13.5. The van der Waals surface area contributed by atoms with E-state index in [0.717, 1.165) is 0 Å². The minimum absolute atomic E-state index is 0.0502. The lowest BCUT2D eigenvalue weighted by atomic mass is 10.0. The van der Waals surface area contributed by atoms with E-state index < -0.39 is 6.04 Å². The molecule has 1 atom stereocenters. The number of nitriles is 1. The van der Waals surface area contributed by atoms with Crippen molar-refractivity contribution in [3.63, 3.8) is 0 Å². The molecule has 0 fully saturated rings. The van der Waals surface area contributed by atoms with Gasteiger partial charge in [-0.3, -0.25) is 4.79 Å². The second kappa shape index (κ2) is 6.65. The van der Waals surface area contributed by atoms with Crippen molar-refractivity contribution in [3.8, 4) is 11.8 Å². The standard InChI is InChI=1S/C14H18N2O2/c1-11(2)13(9-15)16(3)14(17)10-18-12-7-5-4-6-8-12/h4-8,11,13H,10H2,1-3H3. The monoisotopic (exact) mass is 246 g/mol. The third-order valence-electron chi connectivity index (χ3n) is 2.68. The number of para-hydroxylation sites is 1. The van der Waals surface area contributed by atoms with Crippen LogP contribution in [0.5, 0.6) is 5.75 Å². The van der Waals surface area contributed by atoms with E-state index in [-0.39, 0.29) is 18.4 Å². The van der Waals surface area contributed by atoms with Crippen LogP contribution in [-0.2, 0) is 4.79 Å². The molecule has 0 aliphatic rings. The molecular formula is C14H18N2O2. The first kappa shape index (κ1) is 14.0. The van der Waals surface area contributed by atoms with Crippen LogP contribution in [0.4, 0.5) is 0 Å². The Balaban J connectivity index is 2.53. The first-order valence-corrected chi connectivity index (χ1v) is 5.89. The lowest BCUT2D eigenvalue weighted by Gasteiger charge is -2.25. The van der Waals surface area contributed by atoms with Gasteiger partial charge >= 0.3 is 0 Å². The van der Waals surface area contributed by atoms with Gasteiger partial charge in [0, 0.05) is 7.05 Å². The van der Waals surface area contributed by atoms with Crippen LogP contribution in [0.25, 0.3) is 0 Å². The maximum atomic E-state index is 11.9. The Hall–Kier alpha value is -2.02. The minimum Gasteiger partial charge on any atom is -0.484 e. The van der Waals surface area contributed by atoms with Gasteiger partial charge in [0.05, 0.1) is 6.07 Å². The molecule has 4 nitrogen and oxygen atoms in total. The van der Waals surface area contributed by atoms with E-state index in [0.29, 0.717) is 5.75 Å². The van der Waals surface area contributed by atoms with Crippen molar-refractivity contribution in [2.24, 2.45) is 5.92 Å². The summed E-state index contributed by atoms with van der Waals surface area (Å²) < 4.78 is 5.36. The zero-order valence-electron chi connectivity index (χ0n) is 11.0. The summed E-state index contributed by atoms with van der Waals surface area (Å²) in [6.45, 7) is 3.77. The average Bonchev–Trinajstić information content (AvgIpc) is 2.37. The Morgan fingerprint density at radius 1 is 1.39 bits per heavy atom. The molecular weight excluding hydrogens is 228 g/mol. The molecule has 18 heavy (non-hydrogen) atoms. The molecule has 96 valence electrons. The average molecular weight is 246 g/mol. The molecule has 0 bridgehead atoms. The van der Waals surface area contributed by atoms with Gasteiger partial charge in [-0.15, -0.1) is 0 Å². The van der Waals surface area contributed by atoms with Crippen molar-refractivity contribution in [2.45, 2.75) is 19.9 Å². The fraction of sp³-hybridized carbons (Fsp3) is 0.429. The van der Waals surface area contributed by atoms with E-state index in [4.69, 9.17) is 10.00 Å². The smallest absolute Gasteiger partial charge is 0.261 e. The Morgan fingerprint density at radius 3 is 2.50 bits per heavy atom. The van der Waals surface area contributed by atoms with Crippen LogP contribution in [0.3, 0.4) is 0 Å². The number of benzene rings is 1. The number of nitrogens with zero attached hydrogens (tertiary/aromatic N) is 2. The summed E-state index contributed by atoms with van der Waals surface area (Å²) in [5.41, 5.74) is 0. The molecule has 1 aromatic rings. The van der Waals surface area contributed by atoms with Gasteiger partial charge in [0.1, 0.15) is 11.8 Å². The first-order chi connectivity index (χ1) is 8.56. The molecule has 1 aromatic carbocycles. The molecule has 1 amide bonds. The van der Waals surface area contributed by atoms with Gasteiger partial charge in [0.25, 0.3) is 5.91 Å². The SMILES string of the molecule is CC(C)C(C#N)N(C)C(=O)COc1ccccc1. The molecule has 0 aliphatic heterocycles. The van der Waals surface area contributed by atoms with Gasteiger partial charge in [-0.1, -0.05) is 32.0 Å². The lowest BCUT2D eigenvalue weighted by Crippen LogP contribution is -2.41. The molecule has 1 unspecified atom stereocenters. The van der Waals surface area contributed by atoms with E-state index in [2.05, 4.69) is 6.07 Å². The number of carbonyl (C=O) groups excluding carboxylic acids is 1. The van der Waals surface area contributed by atoms with Crippen LogP contribution in [0.15, 0.2) is 30.3 Å². The molecule has 0 N–H and O–H groups in total. The highest BCUT2D eigenvalue weighted by atomic mass is 16.5. The number of hydrogen-bond donors (Lipinski definition) is 0. The predicted octanol–water partition coefficient (Wildman–Crippen LogP) is 2.07. The van der Waals surface area contributed by atoms with Crippen molar-refractivity contribution >= 4 is 5.91 Å². The first-order valence-electron chi connectivity index (χ1n) is 5.89. The summed E-state index contributed by atoms with van der Waals surface area (Å²) in [5, 5.41) is 9.02. The fourth-order valence-electron chi connectivity index (χ4n) is 1.60. The molecule has 0 saturated heterocycles. The van der Waals surface area contributed by atoms with Crippen LogP contribution in [-0.4, -0.2) is 30.5 Å². The summed E-state index contributed by atoms with van der Waals surface area (Å²) >= 11 is 0. The Bertz CT molecular complexity index is 423. The maximum absolute atomic E-state index is 11.9.